The zero-order chi connectivity index (χ0) is 16.8. The summed E-state index contributed by atoms with van der Waals surface area (Å²) in [5.41, 5.74) is 6.03. The molecule has 0 aliphatic rings. The van der Waals surface area contributed by atoms with Crippen molar-refractivity contribution in [3.63, 3.8) is 0 Å². The first kappa shape index (κ1) is 16.6. The highest BCUT2D eigenvalue weighted by molar-refractivity contribution is 7.16. The lowest BCUT2D eigenvalue weighted by atomic mass is 10.1. The molecule has 1 aromatic carbocycles. The summed E-state index contributed by atoms with van der Waals surface area (Å²) in [6.45, 7) is 2.17. The van der Waals surface area contributed by atoms with Crippen LogP contribution in [0, 0.1) is 0 Å². The van der Waals surface area contributed by atoms with Crippen LogP contribution >= 0.6 is 22.9 Å². The Hall–Kier alpha value is -2.24. The first-order chi connectivity index (χ1) is 11.8. The molecule has 0 radical (unpaired) electrons. The Morgan fingerprint density at radius 3 is 2.79 bits per heavy atom. The Kier molecular flexibility index (Phi) is 5.56. The number of anilines is 1. The standard InChI is InChI=1S/C18H17ClN4S/c1-2-4-16-17(14-6-8-15(19)9-7-14)22-18(24-16)23-21-12-13-5-3-10-20-11-13/h3,5-12H,2,4H2,1H3,(H,22,23)/b21-12+. The number of aromatic nitrogens is 2. The first-order valence-electron chi connectivity index (χ1n) is 7.71. The highest BCUT2D eigenvalue weighted by Crippen LogP contribution is 2.32. The molecular formula is C18H17ClN4S. The second-order valence-electron chi connectivity index (χ2n) is 5.20. The lowest BCUT2D eigenvalue weighted by molar-refractivity contribution is 0.938. The number of hydrogen-bond donors (Lipinski definition) is 1. The number of nitrogens with one attached hydrogen (secondary N) is 1. The quantitative estimate of drug-likeness (QED) is 0.484. The van der Waals surface area contributed by atoms with Crippen LogP contribution in [0.25, 0.3) is 11.3 Å². The van der Waals surface area contributed by atoms with Gasteiger partial charge in [-0.2, -0.15) is 5.10 Å². The Labute approximate surface area is 150 Å². The minimum absolute atomic E-state index is 0.727. The van der Waals surface area contributed by atoms with Gasteiger partial charge in [-0.3, -0.25) is 10.4 Å². The maximum Gasteiger partial charge on any atom is 0.204 e. The maximum atomic E-state index is 5.98. The Morgan fingerprint density at radius 1 is 1.25 bits per heavy atom. The summed E-state index contributed by atoms with van der Waals surface area (Å²) in [5, 5.41) is 5.75. The van der Waals surface area contributed by atoms with Gasteiger partial charge in [0.2, 0.25) is 5.13 Å². The molecule has 3 aromatic rings. The molecule has 2 heterocycles. The van der Waals surface area contributed by atoms with E-state index in [-0.39, 0.29) is 0 Å². The lowest BCUT2D eigenvalue weighted by Crippen LogP contribution is -1.90. The van der Waals surface area contributed by atoms with E-state index in [0.29, 0.717) is 0 Å². The summed E-state index contributed by atoms with van der Waals surface area (Å²) in [7, 11) is 0. The van der Waals surface area contributed by atoms with E-state index in [0.717, 1.165) is 39.8 Å². The fraction of sp³-hybridized carbons (Fsp3) is 0.167. The van der Waals surface area contributed by atoms with Crippen molar-refractivity contribution in [3.8, 4) is 11.3 Å². The Morgan fingerprint density at radius 2 is 2.08 bits per heavy atom. The fourth-order valence-electron chi connectivity index (χ4n) is 2.24. The normalized spacial score (nSPS) is 11.1. The van der Waals surface area contributed by atoms with Crippen LogP contribution in [0.15, 0.2) is 53.9 Å². The third-order valence-corrected chi connectivity index (χ3v) is 4.62. The molecule has 0 bridgehead atoms. The molecule has 2 aromatic heterocycles. The average Bonchev–Trinajstić information content (AvgIpc) is 3.00. The summed E-state index contributed by atoms with van der Waals surface area (Å²) in [5.74, 6) is 0. The Bertz CT molecular complexity index is 813. The molecule has 0 aliphatic carbocycles. The number of thiazole rings is 1. The second-order valence-corrected chi connectivity index (χ2v) is 6.72. The van der Waals surface area contributed by atoms with Gasteiger partial charge in [-0.1, -0.05) is 54.5 Å². The van der Waals surface area contributed by atoms with E-state index < -0.39 is 0 Å². The number of benzene rings is 1. The maximum absolute atomic E-state index is 5.98. The fourth-order valence-corrected chi connectivity index (χ4v) is 3.40. The third kappa shape index (κ3) is 4.19. The number of rotatable bonds is 6. The van der Waals surface area contributed by atoms with Gasteiger partial charge in [0.15, 0.2) is 0 Å². The number of halogens is 1. The minimum Gasteiger partial charge on any atom is -0.264 e. The number of hydrazone groups is 1. The highest BCUT2D eigenvalue weighted by atomic mass is 35.5. The van der Waals surface area contributed by atoms with Crippen molar-refractivity contribution in [2.75, 3.05) is 5.43 Å². The molecule has 0 saturated carbocycles. The van der Waals surface area contributed by atoms with Crippen molar-refractivity contribution >= 4 is 34.3 Å². The molecule has 0 amide bonds. The third-order valence-electron chi connectivity index (χ3n) is 3.35. The van der Waals surface area contributed by atoms with E-state index in [1.165, 1.54) is 4.88 Å². The zero-order valence-corrected chi connectivity index (χ0v) is 14.8. The van der Waals surface area contributed by atoms with E-state index in [1.807, 2.05) is 36.4 Å². The number of hydrogen-bond acceptors (Lipinski definition) is 5. The second kappa shape index (κ2) is 8.04. The van der Waals surface area contributed by atoms with Crippen LogP contribution in [0.5, 0.6) is 0 Å². The van der Waals surface area contributed by atoms with Crippen molar-refractivity contribution in [2.24, 2.45) is 5.10 Å². The zero-order valence-electron chi connectivity index (χ0n) is 13.2. The minimum atomic E-state index is 0.727. The van der Waals surface area contributed by atoms with Crippen molar-refractivity contribution < 1.29 is 0 Å². The largest absolute Gasteiger partial charge is 0.264 e. The predicted octanol–water partition coefficient (Wildman–Crippen LogP) is 5.26. The van der Waals surface area contributed by atoms with Crippen molar-refractivity contribution in [1.29, 1.82) is 0 Å². The van der Waals surface area contributed by atoms with Crippen LogP contribution in [0.3, 0.4) is 0 Å². The number of nitrogens with zero attached hydrogens (tertiary/aromatic N) is 3. The summed E-state index contributed by atoms with van der Waals surface area (Å²) >= 11 is 7.61. The van der Waals surface area contributed by atoms with E-state index in [2.05, 4.69) is 22.4 Å². The van der Waals surface area contributed by atoms with Gasteiger partial charge in [0, 0.05) is 33.4 Å². The lowest BCUT2D eigenvalue weighted by Gasteiger charge is -2.01. The van der Waals surface area contributed by atoms with Gasteiger partial charge in [-0.05, 0) is 24.6 Å². The van der Waals surface area contributed by atoms with E-state index in [4.69, 9.17) is 16.6 Å². The Balaban J connectivity index is 1.80. The van der Waals surface area contributed by atoms with E-state index in [1.54, 1.807) is 29.9 Å². The molecule has 24 heavy (non-hydrogen) atoms. The van der Waals surface area contributed by atoms with Crippen LogP contribution in [0.2, 0.25) is 5.02 Å². The molecule has 0 fully saturated rings. The van der Waals surface area contributed by atoms with Crippen LogP contribution in [0.1, 0.15) is 23.8 Å². The predicted molar refractivity (Wildman–Crippen MR) is 102 cm³/mol. The van der Waals surface area contributed by atoms with Crippen LogP contribution < -0.4 is 5.43 Å². The summed E-state index contributed by atoms with van der Waals surface area (Å²) in [6.07, 6.45) is 7.29. The van der Waals surface area contributed by atoms with Gasteiger partial charge in [0.25, 0.3) is 0 Å². The van der Waals surface area contributed by atoms with Gasteiger partial charge < -0.3 is 0 Å². The van der Waals surface area contributed by atoms with Crippen LogP contribution in [0.4, 0.5) is 5.13 Å². The number of pyridine rings is 1. The van der Waals surface area contributed by atoms with Crippen molar-refractivity contribution in [1.82, 2.24) is 9.97 Å². The van der Waals surface area contributed by atoms with Crippen molar-refractivity contribution in [2.45, 2.75) is 19.8 Å². The summed E-state index contributed by atoms with van der Waals surface area (Å²) < 4.78 is 0. The van der Waals surface area contributed by atoms with Gasteiger partial charge in [0.1, 0.15) is 0 Å². The van der Waals surface area contributed by atoms with E-state index >= 15 is 0 Å². The molecule has 0 saturated heterocycles. The molecule has 0 atom stereocenters. The molecule has 4 nitrogen and oxygen atoms in total. The van der Waals surface area contributed by atoms with Gasteiger partial charge in [-0.15, -0.1) is 0 Å². The molecule has 0 spiro atoms. The summed E-state index contributed by atoms with van der Waals surface area (Å²) in [4.78, 5) is 10.0. The highest BCUT2D eigenvalue weighted by Gasteiger charge is 2.12. The molecule has 122 valence electrons. The molecule has 0 unspecified atom stereocenters. The first-order valence-corrected chi connectivity index (χ1v) is 8.90. The van der Waals surface area contributed by atoms with Crippen LogP contribution in [-0.4, -0.2) is 16.2 Å². The summed E-state index contributed by atoms with van der Waals surface area (Å²) in [6, 6.07) is 11.6. The molecule has 3 rings (SSSR count). The van der Waals surface area contributed by atoms with Gasteiger partial charge in [0.05, 0.1) is 11.9 Å². The van der Waals surface area contributed by atoms with Gasteiger partial charge in [-0.25, -0.2) is 4.98 Å². The average molecular weight is 357 g/mol. The van der Waals surface area contributed by atoms with Crippen LogP contribution in [-0.2, 0) is 6.42 Å². The van der Waals surface area contributed by atoms with E-state index in [9.17, 15) is 0 Å². The topological polar surface area (TPSA) is 50.2 Å². The SMILES string of the molecule is CCCc1sc(N/N=C/c2cccnc2)nc1-c1ccc(Cl)cc1. The number of aryl methyl sites for hydroxylation is 1. The molecule has 1 N–H and O–H groups in total. The van der Waals surface area contributed by atoms with Gasteiger partial charge >= 0.3 is 0 Å². The monoisotopic (exact) mass is 356 g/mol. The van der Waals surface area contributed by atoms with Crippen molar-refractivity contribution in [3.05, 3.63) is 64.3 Å². The molecule has 0 aliphatic heterocycles. The molecule has 6 heteroatoms. The molecular weight excluding hydrogens is 340 g/mol. The smallest absolute Gasteiger partial charge is 0.204 e.